The number of hydrogen-bond donors (Lipinski definition) is 1. The molecule has 0 aliphatic rings. The van der Waals surface area contributed by atoms with Crippen molar-refractivity contribution in [2.24, 2.45) is 17.6 Å². The third kappa shape index (κ3) is 2.53. The maximum Gasteiger partial charge on any atom is 0.130 e. The van der Waals surface area contributed by atoms with Gasteiger partial charge in [-0.1, -0.05) is 26.8 Å². The summed E-state index contributed by atoms with van der Waals surface area (Å²) in [6.45, 7) is 5.88. The van der Waals surface area contributed by atoms with Crippen LogP contribution in [0.5, 0.6) is 0 Å². The van der Waals surface area contributed by atoms with E-state index >= 15 is 0 Å². The average Bonchev–Trinajstić information content (AvgIpc) is 2.15. The SMILES string of the molecule is CC(C)C(C)C(N)c1c(F)cccc1F. The number of rotatable bonds is 3. The van der Waals surface area contributed by atoms with Gasteiger partial charge in [0.2, 0.25) is 0 Å². The predicted octanol–water partition coefficient (Wildman–Crippen LogP) is 3.26. The molecule has 84 valence electrons. The molecule has 0 saturated heterocycles. The van der Waals surface area contributed by atoms with Gasteiger partial charge >= 0.3 is 0 Å². The molecule has 1 aromatic rings. The molecule has 0 saturated carbocycles. The molecule has 1 nitrogen and oxygen atoms in total. The zero-order chi connectivity index (χ0) is 11.6. The molecule has 0 fully saturated rings. The van der Waals surface area contributed by atoms with Crippen LogP contribution < -0.4 is 5.73 Å². The van der Waals surface area contributed by atoms with Crippen LogP contribution in [0.25, 0.3) is 0 Å². The Morgan fingerprint density at radius 1 is 1.07 bits per heavy atom. The molecular formula is C12H17F2N. The zero-order valence-electron chi connectivity index (χ0n) is 9.30. The van der Waals surface area contributed by atoms with Gasteiger partial charge in [-0.2, -0.15) is 0 Å². The van der Waals surface area contributed by atoms with Crippen molar-refractivity contribution in [3.8, 4) is 0 Å². The second kappa shape index (κ2) is 4.71. The Hall–Kier alpha value is -0.960. The lowest BCUT2D eigenvalue weighted by atomic mass is 9.86. The molecule has 0 bridgehead atoms. The summed E-state index contributed by atoms with van der Waals surface area (Å²) in [6.07, 6.45) is 0. The normalized spacial score (nSPS) is 15.4. The monoisotopic (exact) mass is 213 g/mol. The van der Waals surface area contributed by atoms with E-state index in [1.165, 1.54) is 18.2 Å². The van der Waals surface area contributed by atoms with E-state index in [9.17, 15) is 8.78 Å². The summed E-state index contributed by atoms with van der Waals surface area (Å²) in [5.74, 6) is -0.791. The van der Waals surface area contributed by atoms with Gasteiger partial charge in [0.15, 0.2) is 0 Å². The molecule has 0 aliphatic carbocycles. The standard InChI is InChI=1S/C12H17F2N/c1-7(2)8(3)12(15)11-9(13)5-4-6-10(11)14/h4-8,12H,15H2,1-3H3. The Bertz CT molecular complexity index is 316. The maximum absolute atomic E-state index is 13.4. The molecule has 0 aliphatic heterocycles. The van der Waals surface area contributed by atoms with E-state index in [-0.39, 0.29) is 11.5 Å². The Morgan fingerprint density at radius 3 is 1.93 bits per heavy atom. The number of nitrogens with two attached hydrogens (primary N) is 1. The van der Waals surface area contributed by atoms with Crippen molar-refractivity contribution in [3.63, 3.8) is 0 Å². The van der Waals surface area contributed by atoms with E-state index in [4.69, 9.17) is 5.73 Å². The molecule has 2 N–H and O–H groups in total. The molecule has 0 radical (unpaired) electrons. The Labute approximate surface area is 89.3 Å². The van der Waals surface area contributed by atoms with Gasteiger partial charge in [0.05, 0.1) is 0 Å². The Morgan fingerprint density at radius 2 is 1.53 bits per heavy atom. The molecule has 15 heavy (non-hydrogen) atoms. The molecular weight excluding hydrogens is 196 g/mol. The molecule has 2 unspecified atom stereocenters. The quantitative estimate of drug-likeness (QED) is 0.819. The van der Waals surface area contributed by atoms with Crippen molar-refractivity contribution in [1.29, 1.82) is 0 Å². The van der Waals surface area contributed by atoms with Gasteiger partial charge in [-0.25, -0.2) is 8.78 Å². The van der Waals surface area contributed by atoms with E-state index in [2.05, 4.69) is 0 Å². The third-order valence-corrected chi connectivity index (χ3v) is 2.95. The fourth-order valence-electron chi connectivity index (χ4n) is 1.51. The lowest BCUT2D eigenvalue weighted by Gasteiger charge is -2.24. The summed E-state index contributed by atoms with van der Waals surface area (Å²) in [6, 6.07) is 3.24. The first kappa shape index (κ1) is 12.1. The minimum Gasteiger partial charge on any atom is -0.324 e. The average molecular weight is 213 g/mol. The Balaban J connectivity index is 3.05. The van der Waals surface area contributed by atoms with E-state index in [1.54, 1.807) is 0 Å². The smallest absolute Gasteiger partial charge is 0.130 e. The van der Waals surface area contributed by atoms with Crippen LogP contribution in [-0.2, 0) is 0 Å². The van der Waals surface area contributed by atoms with E-state index < -0.39 is 17.7 Å². The first-order chi connectivity index (χ1) is 6.95. The molecule has 0 spiro atoms. The van der Waals surface area contributed by atoms with Crippen LogP contribution in [0, 0.1) is 23.5 Å². The largest absolute Gasteiger partial charge is 0.324 e. The van der Waals surface area contributed by atoms with Crippen LogP contribution >= 0.6 is 0 Å². The molecule has 2 atom stereocenters. The Kier molecular flexibility index (Phi) is 3.80. The predicted molar refractivity (Wildman–Crippen MR) is 57.3 cm³/mol. The van der Waals surface area contributed by atoms with E-state index in [0.29, 0.717) is 5.92 Å². The summed E-state index contributed by atoms with van der Waals surface area (Å²) in [5, 5.41) is 0. The minimum absolute atomic E-state index is 0.00120. The highest BCUT2D eigenvalue weighted by Crippen LogP contribution is 2.28. The highest BCUT2D eigenvalue weighted by Gasteiger charge is 2.23. The van der Waals surface area contributed by atoms with Crippen molar-refractivity contribution in [2.75, 3.05) is 0 Å². The topological polar surface area (TPSA) is 26.0 Å². The minimum atomic E-state index is -0.591. The highest BCUT2D eigenvalue weighted by molar-refractivity contribution is 5.23. The summed E-state index contributed by atoms with van der Waals surface area (Å²) < 4.78 is 26.8. The lowest BCUT2D eigenvalue weighted by Crippen LogP contribution is -2.25. The second-order valence-electron chi connectivity index (χ2n) is 4.26. The number of benzene rings is 1. The fraction of sp³-hybridized carbons (Fsp3) is 0.500. The van der Waals surface area contributed by atoms with Crippen LogP contribution in [0.3, 0.4) is 0 Å². The lowest BCUT2D eigenvalue weighted by molar-refractivity contribution is 0.337. The van der Waals surface area contributed by atoms with Crippen LogP contribution in [0.4, 0.5) is 8.78 Å². The van der Waals surface area contributed by atoms with Crippen LogP contribution in [0.2, 0.25) is 0 Å². The van der Waals surface area contributed by atoms with Crippen molar-refractivity contribution < 1.29 is 8.78 Å². The van der Waals surface area contributed by atoms with Gasteiger partial charge in [0.1, 0.15) is 11.6 Å². The van der Waals surface area contributed by atoms with Crippen molar-refractivity contribution in [1.82, 2.24) is 0 Å². The van der Waals surface area contributed by atoms with Gasteiger partial charge in [-0.05, 0) is 24.0 Å². The fourth-order valence-corrected chi connectivity index (χ4v) is 1.51. The van der Waals surface area contributed by atoms with E-state index in [1.807, 2.05) is 20.8 Å². The second-order valence-corrected chi connectivity index (χ2v) is 4.26. The molecule has 0 heterocycles. The number of hydrogen-bond acceptors (Lipinski definition) is 1. The molecule has 1 aromatic carbocycles. The van der Waals surface area contributed by atoms with Crippen LogP contribution in [-0.4, -0.2) is 0 Å². The van der Waals surface area contributed by atoms with Crippen molar-refractivity contribution in [3.05, 3.63) is 35.4 Å². The van der Waals surface area contributed by atoms with Crippen LogP contribution in [0.1, 0.15) is 32.4 Å². The summed E-state index contributed by atoms with van der Waals surface area (Å²) in [7, 11) is 0. The van der Waals surface area contributed by atoms with Gasteiger partial charge < -0.3 is 5.73 Å². The van der Waals surface area contributed by atoms with Gasteiger partial charge in [-0.3, -0.25) is 0 Å². The number of halogens is 2. The highest BCUT2D eigenvalue weighted by atomic mass is 19.1. The van der Waals surface area contributed by atoms with E-state index in [0.717, 1.165) is 0 Å². The molecule has 1 rings (SSSR count). The van der Waals surface area contributed by atoms with Gasteiger partial charge in [0, 0.05) is 11.6 Å². The maximum atomic E-state index is 13.4. The first-order valence-corrected chi connectivity index (χ1v) is 5.14. The summed E-state index contributed by atoms with van der Waals surface area (Å²) in [4.78, 5) is 0. The molecule has 0 amide bonds. The van der Waals surface area contributed by atoms with Crippen molar-refractivity contribution in [2.45, 2.75) is 26.8 Å². The molecule has 0 aromatic heterocycles. The van der Waals surface area contributed by atoms with Crippen LogP contribution in [0.15, 0.2) is 18.2 Å². The third-order valence-electron chi connectivity index (χ3n) is 2.95. The zero-order valence-corrected chi connectivity index (χ0v) is 9.30. The summed E-state index contributed by atoms with van der Waals surface area (Å²) in [5.41, 5.74) is 5.86. The van der Waals surface area contributed by atoms with Gasteiger partial charge in [0.25, 0.3) is 0 Å². The van der Waals surface area contributed by atoms with Gasteiger partial charge in [-0.15, -0.1) is 0 Å². The molecule has 3 heteroatoms. The summed E-state index contributed by atoms with van der Waals surface area (Å²) >= 11 is 0. The first-order valence-electron chi connectivity index (χ1n) is 5.14. The van der Waals surface area contributed by atoms with Crippen molar-refractivity contribution >= 4 is 0 Å².